The number of aromatic amines is 1. The van der Waals surface area contributed by atoms with Gasteiger partial charge in [-0.1, -0.05) is 6.07 Å². The number of nitrogens with zero attached hydrogens (tertiary/aromatic N) is 2. The molecule has 0 bridgehead atoms. The van der Waals surface area contributed by atoms with Crippen molar-refractivity contribution in [3.8, 4) is 17.2 Å². The Morgan fingerprint density at radius 2 is 1.91 bits per heavy atom. The van der Waals surface area contributed by atoms with Crippen LogP contribution in [0.2, 0.25) is 0 Å². The normalized spacial score (nSPS) is 12.3. The fourth-order valence-electron chi connectivity index (χ4n) is 2.47. The van der Waals surface area contributed by atoms with E-state index in [9.17, 15) is 13.9 Å². The molecule has 2 N–H and O–H groups in total. The maximum Gasteiger partial charge on any atom is 0.144 e. The van der Waals surface area contributed by atoms with Gasteiger partial charge < -0.3 is 10.1 Å². The first kappa shape index (κ1) is 15.1. The summed E-state index contributed by atoms with van der Waals surface area (Å²) >= 11 is 0. The fourth-order valence-corrected chi connectivity index (χ4v) is 2.47. The predicted octanol–water partition coefficient (Wildman–Crippen LogP) is 3.30. The van der Waals surface area contributed by atoms with E-state index in [-0.39, 0.29) is 0 Å². The summed E-state index contributed by atoms with van der Waals surface area (Å²) < 4.78 is 27.5. The largest absolute Gasteiger partial charge is 0.393 e. The molecule has 4 nitrogen and oxygen atoms in total. The number of imidazole rings is 1. The molecule has 0 fully saturated rings. The van der Waals surface area contributed by atoms with Gasteiger partial charge in [-0.15, -0.1) is 0 Å². The highest BCUT2D eigenvalue weighted by molar-refractivity contribution is 5.82. The third kappa shape index (κ3) is 2.91. The van der Waals surface area contributed by atoms with Crippen molar-refractivity contribution in [1.82, 2.24) is 9.97 Å². The zero-order valence-corrected chi connectivity index (χ0v) is 12.3. The molecule has 23 heavy (non-hydrogen) atoms. The quantitative estimate of drug-likeness (QED) is 0.779. The monoisotopic (exact) mass is 313 g/mol. The van der Waals surface area contributed by atoms with Crippen LogP contribution in [0, 0.1) is 23.0 Å². The molecule has 1 aromatic heterocycles. The number of hydrogen-bond donors (Lipinski definition) is 2. The standard InChI is InChI=1S/C17H13F2N3O/c1-9(23)4-17-21-15-3-2-10(7-16(15)22-17)11-5-13(18)12(8-20)14(19)6-11/h2-3,5-7,9,23H,4H2,1H3,(H,21,22). The third-order valence-electron chi connectivity index (χ3n) is 3.51. The van der Waals surface area contributed by atoms with Crippen LogP contribution >= 0.6 is 0 Å². The van der Waals surface area contributed by atoms with Gasteiger partial charge in [0.1, 0.15) is 29.1 Å². The Kier molecular flexibility index (Phi) is 3.80. The Balaban J connectivity index is 2.05. The Morgan fingerprint density at radius 3 is 2.52 bits per heavy atom. The zero-order valence-electron chi connectivity index (χ0n) is 12.3. The first-order valence-corrected chi connectivity index (χ1v) is 7.04. The lowest BCUT2D eigenvalue weighted by atomic mass is 10.0. The van der Waals surface area contributed by atoms with E-state index in [1.807, 2.05) is 0 Å². The molecule has 1 unspecified atom stereocenters. The SMILES string of the molecule is CC(O)Cc1nc2ccc(-c3cc(F)c(C#N)c(F)c3)cc2[nH]1. The van der Waals surface area contributed by atoms with Crippen LogP contribution in [0.1, 0.15) is 18.3 Å². The highest BCUT2D eigenvalue weighted by Crippen LogP contribution is 2.26. The summed E-state index contributed by atoms with van der Waals surface area (Å²) in [6.45, 7) is 1.67. The topological polar surface area (TPSA) is 72.7 Å². The predicted molar refractivity (Wildman–Crippen MR) is 81.5 cm³/mol. The first-order chi connectivity index (χ1) is 11.0. The van der Waals surface area contributed by atoms with E-state index < -0.39 is 23.3 Å². The number of halogens is 2. The van der Waals surface area contributed by atoms with Gasteiger partial charge in [-0.25, -0.2) is 13.8 Å². The number of nitriles is 1. The molecule has 6 heteroatoms. The van der Waals surface area contributed by atoms with Crippen LogP contribution in [0.25, 0.3) is 22.2 Å². The van der Waals surface area contributed by atoms with E-state index in [0.29, 0.717) is 34.4 Å². The third-order valence-corrected chi connectivity index (χ3v) is 3.51. The minimum Gasteiger partial charge on any atom is -0.393 e. The number of nitrogens with one attached hydrogen (secondary N) is 1. The molecule has 0 aliphatic heterocycles. The summed E-state index contributed by atoms with van der Waals surface area (Å²) in [6, 6.07) is 8.94. The molecule has 3 aromatic rings. The van der Waals surface area contributed by atoms with Gasteiger partial charge >= 0.3 is 0 Å². The molecule has 0 aliphatic carbocycles. The van der Waals surface area contributed by atoms with Crippen molar-refractivity contribution < 1.29 is 13.9 Å². The number of fused-ring (bicyclic) bond motifs is 1. The molecule has 3 rings (SSSR count). The fraction of sp³-hybridized carbons (Fsp3) is 0.176. The molecule has 0 spiro atoms. The molecule has 1 heterocycles. The van der Waals surface area contributed by atoms with Gasteiger partial charge in [0.05, 0.1) is 17.1 Å². The van der Waals surface area contributed by atoms with Gasteiger partial charge in [0.15, 0.2) is 0 Å². The summed E-state index contributed by atoms with van der Waals surface area (Å²) in [4.78, 5) is 7.42. The van der Waals surface area contributed by atoms with E-state index in [1.165, 1.54) is 6.07 Å². The molecule has 0 aliphatic rings. The van der Waals surface area contributed by atoms with Crippen LogP contribution < -0.4 is 0 Å². The minimum absolute atomic E-state index is 0.340. The molecule has 0 amide bonds. The maximum atomic E-state index is 13.7. The van der Waals surface area contributed by atoms with E-state index in [1.54, 1.807) is 25.1 Å². The molecule has 1 atom stereocenters. The molecule has 2 aromatic carbocycles. The summed E-state index contributed by atoms with van der Waals surface area (Å²) in [5, 5.41) is 18.1. The van der Waals surface area contributed by atoms with E-state index >= 15 is 0 Å². The van der Waals surface area contributed by atoms with Crippen molar-refractivity contribution in [2.45, 2.75) is 19.4 Å². The highest BCUT2D eigenvalue weighted by atomic mass is 19.1. The van der Waals surface area contributed by atoms with Gasteiger partial charge in [0.2, 0.25) is 0 Å². The lowest BCUT2D eigenvalue weighted by Gasteiger charge is -2.04. The van der Waals surface area contributed by atoms with Gasteiger partial charge in [0.25, 0.3) is 0 Å². The first-order valence-electron chi connectivity index (χ1n) is 7.04. The lowest BCUT2D eigenvalue weighted by Crippen LogP contribution is -2.05. The molecular formula is C17H13F2N3O. The van der Waals surface area contributed by atoms with Crippen molar-refractivity contribution >= 4 is 11.0 Å². The van der Waals surface area contributed by atoms with Crippen molar-refractivity contribution in [2.75, 3.05) is 0 Å². The Hall–Kier alpha value is -2.78. The Bertz CT molecular complexity index is 902. The average Bonchev–Trinajstić information content (AvgIpc) is 2.87. The van der Waals surface area contributed by atoms with E-state index in [0.717, 1.165) is 12.1 Å². The van der Waals surface area contributed by atoms with Crippen LogP contribution in [0.3, 0.4) is 0 Å². The molecule has 0 radical (unpaired) electrons. The minimum atomic E-state index is -0.887. The van der Waals surface area contributed by atoms with Crippen LogP contribution in [0.5, 0.6) is 0 Å². The van der Waals surface area contributed by atoms with Crippen molar-refractivity contribution in [1.29, 1.82) is 5.26 Å². The second kappa shape index (κ2) is 5.78. The second-order valence-electron chi connectivity index (χ2n) is 5.40. The highest BCUT2D eigenvalue weighted by Gasteiger charge is 2.13. The lowest BCUT2D eigenvalue weighted by molar-refractivity contribution is 0.193. The van der Waals surface area contributed by atoms with Gasteiger partial charge in [-0.2, -0.15) is 5.26 Å². The molecule has 116 valence electrons. The van der Waals surface area contributed by atoms with Gasteiger partial charge in [-0.3, -0.25) is 0 Å². The number of H-pyrrole nitrogens is 1. The molecule has 0 saturated carbocycles. The van der Waals surface area contributed by atoms with Gasteiger partial charge in [-0.05, 0) is 42.3 Å². The number of aliphatic hydroxyl groups excluding tert-OH is 1. The maximum absolute atomic E-state index is 13.7. The molecule has 0 saturated heterocycles. The van der Waals surface area contributed by atoms with E-state index in [2.05, 4.69) is 9.97 Å². The van der Waals surface area contributed by atoms with E-state index in [4.69, 9.17) is 5.26 Å². The van der Waals surface area contributed by atoms with Crippen molar-refractivity contribution in [3.05, 3.63) is 53.4 Å². The number of aromatic nitrogens is 2. The Labute approximate surface area is 131 Å². The number of hydrogen-bond acceptors (Lipinski definition) is 3. The zero-order chi connectivity index (χ0) is 16.6. The Morgan fingerprint density at radius 1 is 1.22 bits per heavy atom. The summed E-state index contributed by atoms with van der Waals surface area (Å²) in [5.41, 5.74) is 1.78. The number of rotatable bonds is 3. The van der Waals surface area contributed by atoms with Crippen LogP contribution in [0.4, 0.5) is 8.78 Å². The summed E-state index contributed by atoms with van der Waals surface area (Å²) in [6.07, 6.45) is -0.124. The second-order valence-corrected chi connectivity index (χ2v) is 5.40. The summed E-state index contributed by atoms with van der Waals surface area (Å²) in [7, 11) is 0. The number of aliphatic hydroxyl groups is 1. The van der Waals surface area contributed by atoms with Crippen LogP contribution in [0.15, 0.2) is 30.3 Å². The average molecular weight is 313 g/mol. The summed E-state index contributed by atoms with van der Waals surface area (Å²) in [5.74, 6) is -1.13. The van der Waals surface area contributed by atoms with Gasteiger partial charge in [0, 0.05) is 6.42 Å². The van der Waals surface area contributed by atoms with Crippen LogP contribution in [-0.2, 0) is 6.42 Å². The van der Waals surface area contributed by atoms with Crippen molar-refractivity contribution in [2.24, 2.45) is 0 Å². The van der Waals surface area contributed by atoms with Crippen LogP contribution in [-0.4, -0.2) is 21.2 Å². The number of benzene rings is 2. The smallest absolute Gasteiger partial charge is 0.144 e. The van der Waals surface area contributed by atoms with Crippen molar-refractivity contribution in [3.63, 3.8) is 0 Å². The molecular weight excluding hydrogens is 300 g/mol.